The van der Waals surface area contributed by atoms with Gasteiger partial charge in [0.15, 0.2) is 0 Å². The van der Waals surface area contributed by atoms with Crippen LogP contribution in [0.5, 0.6) is 0 Å². The van der Waals surface area contributed by atoms with Gasteiger partial charge in [0.2, 0.25) is 0 Å². The van der Waals surface area contributed by atoms with Crippen LogP contribution in [0.3, 0.4) is 0 Å². The number of nitrogens with zero attached hydrogens (tertiary/aromatic N) is 1. The van der Waals surface area contributed by atoms with Gasteiger partial charge < -0.3 is 5.11 Å². The van der Waals surface area contributed by atoms with Crippen LogP contribution in [0.15, 0.2) is 34.6 Å². The third-order valence-corrected chi connectivity index (χ3v) is 6.35. The zero-order valence-electron chi connectivity index (χ0n) is 12.9. The Bertz CT molecular complexity index is 863. The van der Waals surface area contributed by atoms with Crippen LogP contribution in [-0.4, -0.2) is 33.4 Å². The Morgan fingerprint density at radius 1 is 1.28 bits per heavy atom. The lowest BCUT2D eigenvalue weighted by Crippen LogP contribution is -2.29. The molecule has 0 aliphatic carbocycles. The number of thiocarbonyl (C=S) groups is 1. The minimum atomic E-state index is -0.108. The highest BCUT2D eigenvalue weighted by molar-refractivity contribution is 8.26. The molecular weight excluding hydrogens is 417 g/mol. The molecule has 1 aromatic heterocycles. The first-order valence-corrected chi connectivity index (χ1v) is 10.3. The topological polar surface area (TPSA) is 40.5 Å². The standard InChI is InChI=1S/C17H13Cl2NO2S3/c18-11-2-3-13(14(19)7-11)10-6-12(24-9-10)8-15-16(22)20(4-1-5-21)17(23)25-15/h2-3,6-9,21H,1,4-5H2/b15-8-. The van der Waals surface area contributed by atoms with Crippen LogP contribution in [0.4, 0.5) is 0 Å². The average molecular weight is 430 g/mol. The summed E-state index contributed by atoms with van der Waals surface area (Å²) in [6, 6.07) is 7.37. The molecule has 0 spiro atoms. The molecule has 1 fully saturated rings. The highest BCUT2D eigenvalue weighted by Crippen LogP contribution is 2.37. The summed E-state index contributed by atoms with van der Waals surface area (Å²) < 4.78 is 0.530. The molecule has 25 heavy (non-hydrogen) atoms. The van der Waals surface area contributed by atoms with Gasteiger partial charge in [-0.25, -0.2) is 0 Å². The molecular formula is C17H13Cl2NO2S3. The number of carbonyl (C=O) groups excluding carboxylic acids is 1. The summed E-state index contributed by atoms with van der Waals surface area (Å²) in [5, 5.41) is 12.1. The van der Waals surface area contributed by atoms with Gasteiger partial charge in [0.25, 0.3) is 5.91 Å². The van der Waals surface area contributed by atoms with Crippen molar-refractivity contribution in [2.75, 3.05) is 13.2 Å². The fourth-order valence-corrected chi connectivity index (χ4v) is 5.07. The molecule has 1 saturated heterocycles. The minimum absolute atomic E-state index is 0.0340. The van der Waals surface area contributed by atoms with Gasteiger partial charge in [0, 0.05) is 33.6 Å². The van der Waals surface area contributed by atoms with Crippen molar-refractivity contribution < 1.29 is 9.90 Å². The molecule has 8 heteroatoms. The second-order valence-corrected chi connectivity index (χ2v) is 8.73. The van der Waals surface area contributed by atoms with Crippen LogP contribution in [0, 0.1) is 0 Å². The van der Waals surface area contributed by atoms with Crippen molar-refractivity contribution in [1.29, 1.82) is 0 Å². The van der Waals surface area contributed by atoms with E-state index in [1.54, 1.807) is 12.1 Å². The predicted octanol–water partition coefficient (Wildman–Crippen LogP) is 5.31. The fraction of sp³-hybridized carbons (Fsp3) is 0.176. The summed E-state index contributed by atoms with van der Waals surface area (Å²) in [4.78, 5) is 15.5. The van der Waals surface area contributed by atoms with Crippen molar-refractivity contribution in [3.63, 3.8) is 0 Å². The van der Waals surface area contributed by atoms with Gasteiger partial charge in [-0.15, -0.1) is 11.3 Å². The Morgan fingerprint density at radius 3 is 2.80 bits per heavy atom. The van der Waals surface area contributed by atoms with E-state index in [4.69, 9.17) is 40.5 Å². The first-order valence-electron chi connectivity index (χ1n) is 7.40. The number of aliphatic hydroxyl groups is 1. The summed E-state index contributed by atoms with van der Waals surface area (Å²) in [6.07, 6.45) is 2.36. The smallest absolute Gasteiger partial charge is 0.266 e. The van der Waals surface area contributed by atoms with E-state index in [2.05, 4.69) is 0 Å². The zero-order valence-corrected chi connectivity index (χ0v) is 16.8. The maximum Gasteiger partial charge on any atom is 0.266 e. The van der Waals surface area contributed by atoms with Crippen molar-refractivity contribution >= 4 is 74.8 Å². The Balaban J connectivity index is 1.82. The molecule has 1 aliphatic rings. The number of thioether (sulfide) groups is 1. The number of benzene rings is 1. The van der Waals surface area contributed by atoms with Crippen LogP contribution < -0.4 is 0 Å². The Kier molecular flexibility index (Phi) is 6.20. The van der Waals surface area contributed by atoms with Crippen LogP contribution in [0.2, 0.25) is 10.0 Å². The number of aliphatic hydroxyl groups excluding tert-OH is 1. The molecule has 0 bridgehead atoms. The molecule has 1 aromatic carbocycles. The lowest BCUT2D eigenvalue weighted by Gasteiger charge is -2.12. The lowest BCUT2D eigenvalue weighted by molar-refractivity contribution is -0.122. The van der Waals surface area contributed by atoms with Gasteiger partial charge in [-0.1, -0.05) is 53.2 Å². The van der Waals surface area contributed by atoms with Crippen molar-refractivity contribution in [3.8, 4) is 11.1 Å². The average Bonchev–Trinajstić information content (AvgIpc) is 3.12. The van der Waals surface area contributed by atoms with Crippen LogP contribution in [-0.2, 0) is 4.79 Å². The molecule has 0 radical (unpaired) electrons. The molecule has 2 aromatic rings. The van der Waals surface area contributed by atoms with Crippen molar-refractivity contribution in [2.45, 2.75) is 6.42 Å². The van der Waals surface area contributed by atoms with E-state index in [9.17, 15) is 4.79 Å². The van der Waals surface area contributed by atoms with E-state index in [1.807, 2.05) is 23.6 Å². The largest absolute Gasteiger partial charge is 0.396 e. The number of hydrogen-bond acceptors (Lipinski definition) is 5. The SMILES string of the molecule is O=C1/C(=C/c2cc(-c3ccc(Cl)cc3Cl)cs2)SC(=S)N1CCCO. The van der Waals surface area contributed by atoms with E-state index < -0.39 is 0 Å². The zero-order chi connectivity index (χ0) is 18.0. The molecule has 1 N–H and O–H groups in total. The maximum atomic E-state index is 12.4. The number of hydrogen-bond donors (Lipinski definition) is 1. The Morgan fingerprint density at radius 2 is 2.08 bits per heavy atom. The molecule has 0 saturated carbocycles. The maximum absolute atomic E-state index is 12.4. The summed E-state index contributed by atoms with van der Waals surface area (Å²) in [5.41, 5.74) is 1.88. The number of carbonyl (C=O) groups is 1. The summed E-state index contributed by atoms with van der Waals surface area (Å²) in [6.45, 7) is 0.473. The van der Waals surface area contributed by atoms with E-state index in [1.165, 1.54) is 28.0 Å². The van der Waals surface area contributed by atoms with E-state index in [0.717, 1.165) is 16.0 Å². The van der Waals surface area contributed by atoms with Gasteiger partial charge in [-0.3, -0.25) is 9.69 Å². The number of rotatable bonds is 5. The van der Waals surface area contributed by atoms with Gasteiger partial charge in [-0.2, -0.15) is 0 Å². The molecule has 0 atom stereocenters. The highest BCUT2D eigenvalue weighted by Gasteiger charge is 2.31. The Labute approximate surface area is 169 Å². The first kappa shape index (κ1) is 18.9. The number of halogens is 2. The molecule has 0 unspecified atom stereocenters. The van der Waals surface area contributed by atoms with Crippen molar-refractivity contribution in [1.82, 2.24) is 4.90 Å². The van der Waals surface area contributed by atoms with E-state index in [0.29, 0.717) is 32.2 Å². The quantitative estimate of drug-likeness (QED) is 0.516. The molecule has 3 rings (SSSR count). The van der Waals surface area contributed by atoms with E-state index in [-0.39, 0.29) is 12.5 Å². The normalized spacial score (nSPS) is 16.3. The van der Waals surface area contributed by atoms with Crippen LogP contribution in [0.1, 0.15) is 11.3 Å². The second kappa shape index (κ2) is 8.20. The third kappa shape index (κ3) is 4.27. The van der Waals surface area contributed by atoms with Crippen molar-refractivity contribution in [3.05, 3.63) is 49.5 Å². The summed E-state index contributed by atoms with van der Waals surface area (Å²) in [7, 11) is 0. The predicted molar refractivity (Wildman–Crippen MR) is 111 cm³/mol. The highest BCUT2D eigenvalue weighted by atomic mass is 35.5. The van der Waals surface area contributed by atoms with Gasteiger partial charge in [0.1, 0.15) is 4.32 Å². The van der Waals surface area contributed by atoms with Crippen LogP contribution in [0.25, 0.3) is 17.2 Å². The molecule has 3 nitrogen and oxygen atoms in total. The number of amides is 1. The van der Waals surface area contributed by atoms with Gasteiger partial charge in [0.05, 0.1) is 4.91 Å². The number of thiophene rings is 1. The van der Waals surface area contributed by atoms with E-state index >= 15 is 0 Å². The minimum Gasteiger partial charge on any atom is -0.396 e. The lowest BCUT2D eigenvalue weighted by atomic mass is 10.1. The van der Waals surface area contributed by atoms with Crippen LogP contribution >= 0.6 is 58.5 Å². The van der Waals surface area contributed by atoms with Crippen molar-refractivity contribution in [2.24, 2.45) is 0 Å². The molecule has 1 amide bonds. The molecule has 130 valence electrons. The third-order valence-electron chi connectivity index (χ3n) is 3.55. The Hall–Kier alpha value is -0.890. The summed E-state index contributed by atoms with van der Waals surface area (Å²) in [5.74, 6) is -0.108. The molecule has 2 heterocycles. The molecule has 1 aliphatic heterocycles. The fourth-order valence-electron chi connectivity index (χ4n) is 2.34. The first-order chi connectivity index (χ1) is 12.0. The van der Waals surface area contributed by atoms with Gasteiger partial charge >= 0.3 is 0 Å². The monoisotopic (exact) mass is 429 g/mol. The second-order valence-electron chi connectivity index (χ2n) is 5.27. The summed E-state index contributed by atoms with van der Waals surface area (Å²) >= 11 is 20.3. The van der Waals surface area contributed by atoms with Gasteiger partial charge in [-0.05, 0) is 41.6 Å².